The van der Waals surface area contributed by atoms with Gasteiger partial charge in [0.05, 0.1) is 18.9 Å². The second-order valence-electron chi connectivity index (χ2n) is 8.52. The van der Waals surface area contributed by atoms with Crippen LogP contribution in [0.2, 0.25) is 0 Å². The smallest absolute Gasteiger partial charge is 0.352 e. The molecule has 1 aromatic heterocycles. The lowest BCUT2D eigenvalue weighted by molar-refractivity contribution is -0.146. The standard InChI is InChI=1S/C24H25N5O7S3/c1-11(8-18(32)36-3)25-19(13-4-6-14(30)7-5-13)21(33)26-22-15(10-37-24-28-27-12(2)38-24)20(23(34)35)29-16(31)9-17(29)39-22/h4-8,17,19,22,25,30H,9-10H2,1-3H3,(H,26,33)(H,34,35)/t17-,19?,22?/m0/s1. The lowest BCUT2D eigenvalue weighted by atomic mass is 10.0. The molecular formula is C24H25N5O7S3. The van der Waals surface area contributed by atoms with Crippen molar-refractivity contribution < 1.29 is 34.1 Å². The van der Waals surface area contributed by atoms with Gasteiger partial charge in [0.2, 0.25) is 11.8 Å². The molecule has 2 amide bonds. The van der Waals surface area contributed by atoms with Crippen LogP contribution in [0.3, 0.4) is 0 Å². The molecule has 4 rings (SSSR count). The summed E-state index contributed by atoms with van der Waals surface area (Å²) in [6.45, 7) is 3.40. The van der Waals surface area contributed by atoms with Crippen LogP contribution in [0.1, 0.15) is 30.0 Å². The maximum absolute atomic E-state index is 13.7. The average molecular weight is 592 g/mol. The van der Waals surface area contributed by atoms with Crippen molar-refractivity contribution in [2.75, 3.05) is 12.9 Å². The Labute approximate surface area is 235 Å². The number of aliphatic carboxylic acids is 1. The number of nitrogens with zero attached hydrogens (tertiary/aromatic N) is 3. The Bertz CT molecular complexity index is 1360. The van der Waals surface area contributed by atoms with Gasteiger partial charge in [0.25, 0.3) is 0 Å². The van der Waals surface area contributed by atoms with Crippen LogP contribution in [0.15, 0.2) is 51.6 Å². The average Bonchev–Trinajstić information content (AvgIpc) is 3.31. The summed E-state index contributed by atoms with van der Waals surface area (Å²) in [6.07, 6.45) is 1.35. The number of carboxylic acid groups (broad SMARTS) is 1. The fourth-order valence-corrected chi connectivity index (χ4v) is 7.37. The summed E-state index contributed by atoms with van der Waals surface area (Å²) in [6, 6.07) is 4.98. The second-order valence-corrected chi connectivity index (χ2v) is 12.2. The lowest BCUT2D eigenvalue weighted by Gasteiger charge is -2.46. The largest absolute Gasteiger partial charge is 0.508 e. The van der Waals surface area contributed by atoms with E-state index in [0.29, 0.717) is 21.2 Å². The first-order chi connectivity index (χ1) is 18.6. The zero-order valence-corrected chi connectivity index (χ0v) is 23.5. The van der Waals surface area contributed by atoms with Gasteiger partial charge in [-0.1, -0.05) is 35.2 Å². The lowest BCUT2D eigenvalue weighted by Crippen LogP contribution is -2.58. The van der Waals surface area contributed by atoms with Gasteiger partial charge in [-0.25, -0.2) is 9.59 Å². The number of phenols is 1. The third kappa shape index (κ3) is 6.54. The van der Waals surface area contributed by atoms with E-state index in [-0.39, 0.29) is 29.5 Å². The number of nitrogens with one attached hydrogen (secondary N) is 2. The molecule has 2 aliphatic rings. The van der Waals surface area contributed by atoms with Crippen LogP contribution in [0.25, 0.3) is 0 Å². The number of aromatic hydroxyl groups is 1. The number of thioether (sulfide) groups is 2. The summed E-state index contributed by atoms with van der Waals surface area (Å²) in [7, 11) is 1.24. The summed E-state index contributed by atoms with van der Waals surface area (Å²) in [5.74, 6) is -2.50. The Morgan fingerprint density at radius 2 is 2.00 bits per heavy atom. The fourth-order valence-electron chi connectivity index (χ4n) is 3.95. The van der Waals surface area contributed by atoms with Crippen LogP contribution in [0, 0.1) is 6.92 Å². The molecule has 0 saturated carbocycles. The Morgan fingerprint density at radius 3 is 2.59 bits per heavy atom. The van der Waals surface area contributed by atoms with E-state index in [4.69, 9.17) is 0 Å². The number of phenolic OH excluding ortho intramolecular Hbond substituents is 1. The van der Waals surface area contributed by atoms with E-state index in [1.165, 1.54) is 65.1 Å². The van der Waals surface area contributed by atoms with Crippen LogP contribution >= 0.6 is 34.9 Å². The fraction of sp³-hybridized carbons (Fsp3) is 0.333. The molecule has 1 fully saturated rings. The predicted molar refractivity (Wildman–Crippen MR) is 145 cm³/mol. The Hall–Kier alpha value is -3.56. The summed E-state index contributed by atoms with van der Waals surface area (Å²) in [4.78, 5) is 51.3. The molecular weight excluding hydrogens is 566 g/mol. The van der Waals surface area contributed by atoms with E-state index in [1.807, 2.05) is 0 Å². The predicted octanol–water partition coefficient (Wildman–Crippen LogP) is 2.14. The number of fused-ring (bicyclic) bond motifs is 1. The van der Waals surface area contributed by atoms with Gasteiger partial charge in [0, 0.05) is 23.1 Å². The third-order valence-corrected chi connectivity index (χ3v) is 9.18. The molecule has 3 atom stereocenters. The van der Waals surface area contributed by atoms with Crippen molar-refractivity contribution in [1.29, 1.82) is 0 Å². The van der Waals surface area contributed by atoms with Crippen molar-refractivity contribution in [3.8, 4) is 5.75 Å². The monoisotopic (exact) mass is 591 g/mol. The number of benzene rings is 1. The van der Waals surface area contributed by atoms with Gasteiger partial charge in [0.15, 0.2) is 4.34 Å². The third-order valence-electron chi connectivity index (χ3n) is 5.79. The molecule has 12 nitrogen and oxygen atoms in total. The molecule has 2 unspecified atom stereocenters. The zero-order chi connectivity index (χ0) is 28.3. The van der Waals surface area contributed by atoms with Crippen molar-refractivity contribution in [2.24, 2.45) is 0 Å². The summed E-state index contributed by atoms with van der Waals surface area (Å²) < 4.78 is 5.29. The number of methoxy groups -OCH3 is 1. The molecule has 2 aliphatic heterocycles. The van der Waals surface area contributed by atoms with Gasteiger partial charge in [0.1, 0.15) is 27.9 Å². The molecule has 39 heavy (non-hydrogen) atoms. The summed E-state index contributed by atoms with van der Waals surface area (Å²) >= 11 is 3.91. The van der Waals surface area contributed by atoms with E-state index in [0.717, 1.165) is 5.01 Å². The molecule has 3 heterocycles. The van der Waals surface area contributed by atoms with Crippen molar-refractivity contribution in [3.05, 3.63) is 57.9 Å². The first-order valence-corrected chi connectivity index (χ1v) is 14.3. The number of allylic oxidation sites excluding steroid dienone is 1. The number of ether oxygens (including phenoxy) is 1. The number of rotatable bonds is 10. The Kier molecular flexibility index (Phi) is 8.82. The van der Waals surface area contributed by atoms with Gasteiger partial charge >= 0.3 is 11.9 Å². The number of aryl methyl sites for hydroxylation is 1. The number of carbonyl (C=O) groups excluding carboxylic acids is 3. The van der Waals surface area contributed by atoms with Gasteiger partial charge in [-0.05, 0) is 31.5 Å². The second kappa shape index (κ2) is 12.1. The highest BCUT2D eigenvalue weighted by molar-refractivity contribution is 8.02. The minimum absolute atomic E-state index is 0.0116. The Morgan fingerprint density at radius 1 is 1.28 bits per heavy atom. The van der Waals surface area contributed by atoms with E-state index in [2.05, 4.69) is 25.6 Å². The minimum atomic E-state index is -1.26. The number of carbonyl (C=O) groups is 4. The zero-order valence-electron chi connectivity index (χ0n) is 21.0. The number of carboxylic acids is 1. The van der Waals surface area contributed by atoms with E-state index >= 15 is 0 Å². The quantitative estimate of drug-likeness (QED) is 0.138. The summed E-state index contributed by atoms with van der Waals surface area (Å²) in [5.41, 5.74) is 1.05. The SMILES string of the molecule is COC(=O)C=C(C)NC(C(=O)NC1S[C@H]2CC(=O)N2C(C(=O)O)=C1CSc1nnc(C)s1)c1ccc(O)cc1. The molecule has 1 saturated heterocycles. The molecule has 0 bridgehead atoms. The number of β-lactam (4-membered cyclic amide) rings is 1. The van der Waals surface area contributed by atoms with Crippen LogP contribution in [-0.2, 0) is 23.9 Å². The van der Waals surface area contributed by atoms with Gasteiger partial charge in [-0.15, -0.1) is 22.0 Å². The Balaban J connectivity index is 1.65. The highest BCUT2D eigenvalue weighted by atomic mass is 32.2. The molecule has 0 aliphatic carbocycles. The highest BCUT2D eigenvalue weighted by Gasteiger charge is 2.49. The molecule has 206 valence electrons. The molecule has 0 radical (unpaired) electrons. The number of esters is 1. The maximum atomic E-state index is 13.7. The van der Waals surface area contributed by atoms with E-state index < -0.39 is 34.6 Å². The first-order valence-electron chi connectivity index (χ1n) is 11.6. The number of aromatic nitrogens is 2. The van der Waals surface area contributed by atoms with Gasteiger partial charge in [-0.2, -0.15) is 0 Å². The molecule has 2 aromatic rings. The number of hydrogen-bond donors (Lipinski definition) is 4. The first kappa shape index (κ1) is 28.4. The number of hydrogen-bond acceptors (Lipinski definition) is 12. The van der Waals surface area contributed by atoms with Crippen LogP contribution < -0.4 is 10.6 Å². The molecule has 15 heteroatoms. The van der Waals surface area contributed by atoms with Gasteiger partial charge < -0.3 is 25.6 Å². The van der Waals surface area contributed by atoms with Gasteiger partial charge in [-0.3, -0.25) is 14.5 Å². The van der Waals surface area contributed by atoms with E-state index in [1.54, 1.807) is 26.0 Å². The molecule has 0 spiro atoms. The van der Waals surface area contributed by atoms with Crippen LogP contribution in [0.4, 0.5) is 0 Å². The van der Waals surface area contributed by atoms with E-state index in [9.17, 15) is 29.4 Å². The van der Waals surface area contributed by atoms with Crippen LogP contribution in [0.5, 0.6) is 5.75 Å². The highest BCUT2D eigenvalue weighted by Crippen LogP contribution is 2.44. The van der Waals surface area contributed by atoms with Crippen molar-refractivity contribution in [3.63, 3.8) is 0 Å². The van der Waals surface area contributed by atoms with Crippen molar-refractivity contribution in [1.82, 2.24) is 25.7 Å². The van der Waals surface area contributed by atoms with Crippen LogP contribution in [-0.4, -0.2) is 72.7 Å². The summed E-state index contributed by atoms with van der Waals surface area (Å²) in [5, 5.41) is 33.3. The topological polar surface area (TPSA) is 171 Å². The normalized spacial score (nSPS) is 19.6. The molecule has 1 aromatic carbocycles. The maximum Gasteiger partial charge on any atom is 0.352 e. The molecule has 4 N–H and O–H groups in total. The van der Waals surface area contributed by atoms with Crippen molar-refractivity contribution in [2.45, 2.75) is 41.4 Å². The minimum Gasteiger partial charge on any atom is -0.508 e. The van der Waals surface area contributed by atoms with Crippen molar-refractivity contribution >= 4 is 58.6 Å². The number of amides is 2.